The van der Waals surface area contributed by atoms with Gasteiger partial charge in [-0.25, -0.2) is 5.84 Å². The molecule has 0 aliphatic heterocycles. The van der Waals surface area contributed by atoms with Crippen LogP contribution in [0, 0.1) is 11.8 Å². The van der Waals surface area contributed by atoms with E-state index in [9.17, 15) is 4.79 Å². The van der Waals surface area contributed by atoms with Gasteiger partial charge in [0.2, 0.25) is 0 Å². The summed E-state index contributed by atoms with van der Waals surface area (Å²) in [6.07, 6.45) is 5.13. The molecule has 0 saturated carbocycles. The van der Waals surface area contributed by atoms with Gasteiger partial charge in [-0.2, -0.15) is 0 Å². The maximum absolute atomic E-state index is 10.3. The van der Waals surface area contributed by atoms with E-state index in [0.717, 1.165) is 32.7 Å². The van der Waals surface area contributed by atoms with E-state index in [2.05, 4.69) is 0 Å². The number of aliphatic hydroxyl groups excluding tert-OH is 5. The standard InChI is InChI=1S/C20H41N3O8.CH4O/c21-19(7-23(22)5-3-1-2-4-6-24)14-31-20(15-29-12-17(8-25)9-26)16-30-13-18(10-27)11-28;1-2/h6-7,17-18,20,25-28H,1-5,8-16,21-22H2;2H,1H3/b19-7-;. The molecule has 0 aromatic rings. The second-order valence-electron chi connectivity index (χ2n) is 7.43. The fourth-order valence-corrected chi connectivity index (χ4v) is 2.43. The summed E-state index contributed by atoms with van der Waals surface area (Å²) in [5, 5.41) is 44.9. The summed E-state index contributed by atoms with van der Waals surface area (Å²) in [4.78, 5) is 10.3. The number of nitrogens with zero attached hydrogens (tertiary/aromatic N) is 1. The van der Waals surface area contributed by atoms with Crippen molar-refractivity contribution in [3.8, 4) is 0 Å². The van der Waals surface area contributed by atoms with Crippen LogP contribution in [0.2, 0.25) is 0 Å². The number of hydrogen-bond acceptors (Lipinski definition) is 12. The van der Waals surface area contributed by atoms with Crippen molar-refractivity contribution in [3.63, 3.8) is 0 Å². The highest BCUT2D eigenvalue weighted by Crippen LogP contribution is 2.04. The molecule has 0 aliphatic rings. The maximum Gasteiger partial charge on any atom is 0.119 e. The van der Waals surface area contributed by atoms with Gasteiger partial charge in [0.1, 0.15) is 12.4 Å². The monoisotopic (exact) mass is 483 g/mol. The normalized spacial score (nSPS) is 11.8. The van der Waals surface area contributed by atoms with Crippen LogP contribution < -0.4 is 11.6 Å². The Balaban J connectivity index is 0. The summed E-state index contributed by atoms with van der Waals surface area (Å²) in [7, 11) is 1.00. The number of aliphatic hydroxyl groups is 5. The smallest absolute Gasteiger partial charge is 0.119 e. The molecule has 0 heterocycles. The van der Waals surface area contributed by atoms with E-state index in [4.69, 9.17) is 51.3 Å². The van der Waals surface area contributed by atoms with Gasteiger partial charge in [0.05, 0.1) is 65.2 Å². The van der Waals surface area contributed by atoms with E-state index in [1.807, 2.05) is 0 Å². The molecule has 198 valence electrons. The lowest BCUT2D eigenvalue weighted by molar-refractivity contribution is -0.107. The van der Waals surface area contributed by atoms with Crippen LogP contribution >= 0.6 is 0 Å². The van der Waals surface area contributed by atoms with Crippen molar-refractivity contribution in [2.45, 2.75) is 31.8 Å². The summed E-state index contributed by atoms with van der Waals surface area (Å²) in [6, 6.07) is 0. The highest BCUT2D eigenvalue weighted by molar-refractivity contribution is 5.48. The van der Waals surface area contributed by atoms with E-state index >= 15 is 0 Å². The van der Waals surface area contributed by atoms with Crippen LogP contribution in [0.15, 0.2) is 11.9 Å². The molecule has 0 atom stereocenters. The largest absolute Gasteiger partial charge is 0.400 e. The van der Waals surface area contributed by atoms with Crippen molar-refractivity contribution in [3.05, 3.63) is 11.9 Å². The third-order valence-electron chi connectivity index (χ3n) is 4.40. The van der Waals surface area contributed by atoms with Gasteiger partial charge in [0.15, 0.2) is 0 Å². The van der Waals surface area contributed by atoms with E-state index < -0.39 is 6.10 Å². The van der Waals surface area contributed by atoms with E-state index in [-0.39, 0.29) is 71.3 Å². The molecule has 0 fully saturated rings. The number of carbonyl (C=O) groups is 1. The third-order valence-corrected chi connectivity index (χ3v) is 4.40. The first-order valence-corrected chi connectivity index (χ1v) is 11.1. The zero-order chi connectivity index (χ0) is 25.3. The Labute approximate surface area is 196 Å². The topological polar surface area (TPSA) is 201 Å². The number of hydrogen-bond donors (Lipinski definition) is 7. The van der Waals surface area contributed by atoms with Gasteiger partial charge in [-0.1, -0.05) is 6.42 Å². The van der Waals surface area contributed by atoms with Gasteiger partial charge in [0, 0.05) is 38.1 Å². The van der Waals surface area contributed by atoms with Gasteiger partial charge in [-0.05, 0) is 12.8 Å². The van der Waals surface area contributed by atoms with E-state index in [1.54, 1.807) is 6.20 Å². The summed E-state index contributed by atoms with van der Waals surface area (Å²) in [6.45, 7) is 0.546. The Morgan fingerprint density at radius 2 is 1.39 bits per heavy atom. The maximum atomic E-state index is 10.3. The number of aldehydes is 1. The molecule has 0 aromatic heterocycles. The van der Waals surface area contributed by atoms with Crippen LogP contribution in [0.5, 0.6) is 0 Å². The van der Waals surface area contributed by atoms with Gasteiger partial charge >= 0.3 is 0 Å². The minimum Gasteiger partial charge on any atom is -0.400 e. The van der Waals surface area contributed by atoms with Crippen molar-refractivity contribution in [1.82, 2.24) is 5.01 Å². The molecule has 0 amide bonds. The predicted molar refractivity (Wildman–Crippen MR) is 123 cm³/mol. The third kappa shape index (κ3) is 21.0. The minimum absolute atomic E-state index is 0.0864. The van der Waals surface area contributed by atoms with Crippen molar-refractivity contribution in [2.75, 3.05) is 73.1 Å². The second kappa shape index (κ2) is 25.3. The van der Waals surface area contributed by atoms with Crippen LogP contribution in [0.1, 0.15) is 25.7 Å². The lowest BCUT2D eigenvalue weighted by Crippen LogP contribution is -2.32. The lowest BCUT2D eigenvalue weighted by Gasteiger charge is -2.21. The Morgan fingerprint density at radius 1 is 0.879 bits per heavy atom. The number of unbranched alkanes of at least 4 members (excludes halogenated alkanes) is 3. The molecule has 0 saturated heterocycles. The first-order valence-electron chi connectivity index (χ1n) is 11.1. The predicted octanol–water partition coefficient (Wildman–Crippen LogP) is -2.05. The first-order chi connectivity index (χ1) is 16.0. The molecule has 12 nitrogen and oxygen atoms in total. The SMILES string of the molecule is CO.N/C(=C\N(N)CCCCCC=O)COC(COCC(CO)CO)COCC(CO)CO. The van der Waals surface area contributed by atoms with E-state index in [0.29, 0.717) is 18.7 Å². The van der Waals surface area contributed by atoms with Gasteiger partial charge < -0.3 is 55.3 Å². The van der Waals surface area contributed by atoms with Crippen LogP contribution in [-0.4, -0.2) is 116 Å². The molecule has 12 heteroatoms. The fourth-order valence-electron chi connectivity index (χ4n) is 2.43. The highest BCUT2D eigenvalue weighted by atomic mass is 16.6. The molecule has 0 unspecified atom stereocenters. The minimum atomic E-state index is -0.488. The molecule has 0 bridgehead atoms. The molecule has 0 rings (SSSR count). The lowest BCUT2D eigenvalue weighted by atomic mass is 10.2. The average molecular weight is 484 g/mol. The van der Waals surface area contributed by atoms with Crippen molar-refractivity contribution in [2.24, 2.45) is 23.4 Å². The molecule has 33 heavy (non-hydrogen) atoms. The summed E-state index contributed by atoms with van der Waals surface area (Å²) in [5.74, 6) is 5.14. The van der Waals surface area contributed by atoms with Crippen LogP contribution in [0.25, 0.3) is 0 Å². The molecule has 0 spiro atoms. The number of ether oxygens (including phenoxy) is 3. The number of rotatable bonds is 22. The fraction of sp³-hybridized carbons (Fsp3) is 0.857. The molecule has 0 aromatic carbocycles. The summed E-state index contributed by atoms with van der Waals surface area (Å²) >= 11 is 0. The van der Waals surface area contributed by atoms with Crippen molar-refractivity contribution >= 4 is 6.29 Å². The highest BCUT2D eigenvalue weighted by Gasteiger charge is 2.15. The quantitative estimate of drug-likeness (QED) is 0.0385. The molecule has 9 N–H and O–H groups in total. The first kappa shape index (κ1) is 33.8. The molecule has 0 aliphatic carbocycles. The molecular formula is C21H45N3O9. The van der Waals surface area contributed by atoms with Crippen molar-refractivity contribution in [1.29, 1.82) is 0 Å². The van der Waals surface area contributed by atoms with Gasteiger partial charge in [-0.3, -0.25) is 0 Å². The number of nitrogens with two attached hydrogens (primary N) is 2. The average Bonchev–Trinajstić information content (AvgIpc) is 2.83. The molecular weight excluding hydrogens is 438 g/mol. The van der Waals surface area contributed by atoms with Crippen molar-refractivity contribution < 1.29 is 44.5 Å². The summed E-state index contributed by atoms with van der Waals surface area (Å²) < 4.78 is 16.8. The number of carbonyl (C=O) groups excluding carboxylic acids is 1. The zero-order valence-electron chi connectivity index (χ0n) is 19.8. The second-order valence-corrected chi connectivity index (χ2v) is 7.43. The Kier molecular flexibility index (Phi) is 25.9. The van der Waals surface area contributed by atoms with Gasteiger partial charge in [-0.15, -0.1) is 0 Å². The Hall–Kier alpha value is -1.35. The van der Waals surface area contributed by atoms with Crippen LogP contribution in [-0.2, 0) is 19.0 Å². The summed E-state index contributed by atoms with van der Waals surface area (Å²) in [5.41, 5.74) is 6.38. The number of hydrazine groups is 1. The molecule has 0 radical (unpaired) electrons. The Morgan fingerprint density at radius 3 is 1.85 bits per heavy atom. The zero-order valence-corrected chi connectivity index (χ0v) is 19.8. The van der Waals surface area contributed by atoms with Gasteiger partial charge in [0.25, 0.3) is 0 Å². The Bertz CT molecular complexity index is 433. The van der Waals surface area contributed by atoms with E-state index in [1.165, 1.54) is 5.01 Å². The van der Waals surface area contributed by atoms with Crippen LogP contribution in [0.4, 0.5) is 0 Å². The van der Waals surface area contributed by atoms with Crippen LogP contribution in [0.3, 0.4) is 0 Å².